The molecule has 0 aromatic rings. The van der Waals surface area contributed by atoms with E-state index in [0.29, 0.717) is 17.3 Å². The highest BCUT2D eigenvalue weighted by atomic mass is 16.3. The SMILES string of the molecule is C=C1CC[C@H]2C(C)(C)[C@@H](O)CC[C@]2(C)[C@@H]1CCC=C(C)C. The van der Waals surface area contributed by atoms with E-state index in [0.717, 1.165) is 25.7 Å². The maximum atomic E-state index is 10.5. The van der Waals surface area contributed by atoms with E-state index in [1.165, 1.54) is 24.0 Å². The first kappa shape index (κ1) is 16.8. The summed E-state index contributed by atoms with van der Waals surface area (Å²) in [4.78, 5) is 0. The molecule has 0 amide bonds. The van der Waals surface area contributed by atoms with Gasteiger partial charge in [-0.2, -0.15) is 0 Å². The van der Waals surface area contributed by atoms with Crippen LogP contribution in [0.2, 0.25) is 0 Å². The fraction of sp³-hybridized carbons (Fsp3) is 0.800. The van der Waals surface area contributed by atoms with Gasteiger partial charge in [0.15, 0.2) is 0 Å². The first-order valence-corrected chi connectivity index (χ1v) is 8.68. The van der Waals surface area contributed by atoms with E-state index in [9.17, 15) is 5.11 Å². The summed E-state index contributed by atoms with van der Waals surface area (Å²) in [5.74, 6) is 1.24. The smallest absolute Gasteiger partial charge is 0.0594 e. The van der Waals surface area contributed by atoms with E-state index in [1.807, 2.05) is 0 Å². The molecule has 2 aliphatic rings. The van der Waals surface area contributed by atoms with Crippen LogP contribution >= 0.6 is 0 Å². The van der Waals surface area contributed by atoms with E-state index < -0.39 is 0 Å². The molecule has 4 atom stereocenters. The summed E-state index contributed by atoms with van der Waals surface area (Å²) in [7, 11) is 0. The lowest BCUT2D eigenvalue weighted by Crippen LogP contribution is -2.54. The van der Waals surface area contributed by atoms with Crippen molar-refractivity contribution >= 4 is 0 Å². The Labute approximate surface area is 131 Å². The Bertz CT molecular complexity index is 427. The molecular weight excluding hydrogens is 256 g/mol. The first-order valence-electron chi connectivity index (χ1n) is 8.68. The van der Waals surface area contributed by atoms with E-state index in [1.54, 1.807) is 0 Å². The van der Waals surface area contributed by atoms with Crippen molar-refractivity contribution in [3.8, 4) is 0 Å². The van der Waals surface area contributed by atoms with Crippen molar-refractivity contribution in [2.24, 2.45) is 22.7 Å². The molecule has 0 aliphatic heterocycles. The minimum Gasteiger partial charge on any atom is -0.393 e. The zero-order valence-electron chi connectivity index (χ0n) is 14.7. The van der Waals surface area contributed by atoms with Crippen molar-refractivity contribution in [3.05, 3.63) is 23.8 Å². The van der Waals surface area contributed by atoms with Crippen molar-refractivity contribution in [2.75, 3.05) is 0 Å². The lowest BCUT2D eigenvalue weighted by molar-refractivity contribution is -0.124. The minimum absolute atomic E-state index is 0.0441. The van der Waals surface area contributed by atoms with E-state index in [2.05, 4.69) is 47.3 Å². The van der Waals surface area contributed by atoms with Crippen LogP contribution < -0.4 is 0 Å². The number of allylic oxidation sites excluding steroid dienone is 3. The molecule has 1 nitrogen and oxygen atoms in total. The van der Waals surface area contributed by atoms with E-state index in [-0.39, 0.29) is 11.5 Å². The predicted octanol–water partition coefficient (Wildman–Crippen LogP) is 5.50. The first-order chi connectivity index (χ1) is 9.69. The van der Waals surface area contributed by atoms with E-state index in [4.69, 9.17) is 0 Å². The Morgan fingerprint density at radius 3 is 2.57 bits per heavy atom. The number of hydrogen-bond donors (Lipinski definition) is 1. The van der Waals surface area contributed by atoms with Gasteiger partial charge in [-0.05, 0) is 75.0 Å². The Morgan fingerprint density at radius 1 is 1.29 bits per heavy atom. The lowest BCUT2D eigenvalue weighted by Gasteiger charge is -2.59. The van der Waals surface area contributed by atoms with Gasteiger partial charge in [0.25, 0.3) is 0 Å². The summed E-state index contributed by atoms with van der Waals surface area (Å²) in [6, 6.07) is 0. The average Bonchev–Trinajstić information content (AvgIpc) is 2.37. The Hall–Kier alpha value is -0.560. The van der Waals surface area contributed by atoms with Crippen LogP contribution in [0, 0.1) is 22.7 Å². The molecule has 0 saturated heterocycles. The maximum Gasteiger partial charge on any atom is 0.0594 e. The zero-order valence-corrected chi connectivity index (χ0v) is 14.7. The molecule has 0 unspecified atom stereocenters. The van der Waals surface area contributed by atoms with Crippen LogP contribution in [-0.2, 0) is 0 Å². The number of hydrogen-bond acceptors (Lipinski definition) is 1. The topological polar surface area (TPSA) is 20.2 Å². The summed E-state index contributed by atoms with van der Waals surface area (Å²) in [5.41, 5.74) is 3.25. The van der Waals surface area contributed by atoms with Gasteiger partial charge in [-0.15, -0.1) is 0 Å². The van der Waals surface area contributed by atoms with Crippen LogP contribution in [0.15, 0.2) is 23.8 Å². The van der Waals surface area contributed by atoms with Gasteiger partial charge in [0.1, 0.15) is 0 Å². The third-order valence-corrected chi connectivity index (χ3v) is 6.56. The quantitative estimate of drug-likeness (QED) is 0.680. The monoisotopic (exact) mass is 290 g/mol. The molecule has 0 spiro atoms. The highest BCUT2D eigenvalue weighted by Gasteiger charge is 2.55. The van der Waals surface area contributed by atoms with Crippen molar-refractivity contribution in [1.82, 2.24) is 0 Å². The van der Waals surface area contributed by atoms with Gasteiger partial charge in [-0.25, -0.2) is 0 Å². The zero-order chi connectivity index (χ0) is 15.8. The summed E-state index contributed by atoms with van der Waals surface area (Å²) < 4.78 is 0. The van der Waals surface area contributed by atoms with Gasteiger partial charge in [0.05, 0.1) is 6.10 Å². The molecule has 0 aromatic heterocycles. The van der Waals surface area contributed by atoms with Gasteiger partial charge >= 0.3 is 0 Å². The van der Waals surface area contributed by atoms with Crippen molar-refractivity contribution in [2.45, 2.75) is 79.2 Å². The van der Waals surface area contributed by atoms with Crippen LogP contribution in [0.3, 0.4) is 0 Å². The maximum absolute atomic E-state index is 10.5. The van der Waals surface area contributed by atoms with Crippen LogP contribution in [0.5, 0.6) is 0 Å². The second-order valence-electron chi connectivity index (χ2n) is 8.54. The number of aliphatic hydroxyl groups excluding tert-OH is 1. The third kappa shape index (κ3) is 2.99. The van der Waals surface area contributed by atoms with Gasteiger partial charge < -0.3 is 5.11 Å². The summed E-state index contributed by atoms with van der Waals surface area (Å²) in [5, 5.41) is 10.5. The molecule has 2 saturated carbocycles. The van der Waals surface area contributed by atoms with Crippen LogP contribution in [0.25, 0.3) is 0 Å². The summed E-state index contributed by atoms with van der Waals surface area (Å²) in [6.07, 6.45) is 9.07. The Kier molecular flexibility index (Phi) is 4.73. The Morgan fingerprint density at radius 2 is 1.95 bits per heavy atom. The molecule has 2 rings (SSSR count). The summed E-state index contributed by atoms with van der Waals surface area (Å²) >= 11 is 0. The molecule has 0 heterocycles. The van der Waals surface area contributed by atoms with Gasteiger partial charge in [0.2, 0.25) is 0 Å². The molecule has 120 valence electrons. The fourth-order valence-electron chi connectivity index (χ4n) is 5.24. The molecule has 1 N–H and O–H groups in total. The molecule has 2 aliphatic carbocycles. The Balaban J connectivity index is 2.23. The molecule has 1 heteroatoms. The molecular formula is C20H34O. The lowest BCUT2D eigenvalue weighted by atomic mass is 9.46. The van der Waals surface area contributed by atoms with Crippen molar-refractivity contribution in [3.63, 3.8) is 0 Å². The second-order valence-corrected chi connectivity index (χ2v) is 8.54. The van der Waals surface area contributed by atoms with Crippen LogP contribution in [0.4, 0.5) is 0 Å². The van der Waals surface area contributed by atoms with Crippen LogP contribution in [0.1, 0.15) is 73.1 Å². The third-order valence-electron chi connectivity index (χ3n) is 6.56. The molecule has 2 fully saturated rings. The van der Waals surface area contributed by atoms with E-state index >= 15 is 0 Å². The summed E-state index contributed by atoms with van der Waals surface area (Å²) in [6.45, 7) is 15.8. The average molecular weight is 290 g/mol. The molecule has 0 aromatic carbocycles. The van der Waals surface area contributed by atoms with Gasteiger partial charge in [-0.3, -0.25) is 0 Å². The van der Waals surface area contributed by atoms with Crippen LogP contribution in [-0.4, -0.2) is 11.2 Å². The minimum atomic E-state index is -0.139. The standard InChI is InChI=1S/C20H34O/c1-14(2)8-7-9-16-15(3)10-11-17-19(4,5)18(21)12-13-20(16,17)6/h8,16-18,21H,3,7,9-13H2,1-2,4-6H3/t16-,17+,18+,20-/m1/s1. The number of fused-ring (bicyclic) bond motifs is 1. The second kappa shape index (κ2) is 5.91. The van der Waals surface area contributed by atoms with Gasteiger partial charge in [0, 0.05) is 0 Å². The van der Waals surface area contributed by atoms with Crippen molar-refractivity contribution in [1.29, 1.82) is 0 Å². The predicted molar refractivity (Wildman–Crippen MR) is 91.1 cm³/mol. The van der Waals surface area contributed by atoms with Gasteiger partial charge in [-0.1, -0.05) is 44.6 Å². The molecule has 21 heavy (non-hydrogen) atoms. The molecule has 0 radical (unpaired) electrons. The molecule has 0 bridgehead atoms. The number of rotatable bonds is 3. The number of aliphatic hydroxyl groups is 1. The highest BCUT2D eigenvalue weighted by molar-refractivity contribution is 5.17. The largest absolute Gasteiger partial charge is 0.393 e. The van der Waals surface area contributed by atoms with Crippen molar-refractivity contribution < 1.29 is 5.11 Å². The fourth-order valence-corrected chi connectivity index (χ4v) is 5.24. The highest BCUT2D eigenvalue weighted by Crippen LogP contribution is 2.61. The normalized spacial score (nSPS) is 38.8.